The van der Waals surface area contributed by atoms with E-state index in [1.165, 1.54) is 6.07 Å². The Balaban J connectivity index is 3.02. The zero-order valence-corrected chi connectivity index (χ0v) is 6.82. The van der Waals surface area contributed by atoms with E-state index in [9.17, 15) is 4.39 Å². The lowest BCUT2D eigenvalue weighted by Crippen LogP contribution is -1.93. The highest BCUT2D eigenvalue weighted by Crippen LogP contribution is 2.15. The molecule has 0 aliphatic rings. The first-order valence-corrected chi connectivity index (χ1v) is 3.74. The molecule has 1 rings (SSSR count). The molecule has 0 amide bonds. The predicted octanol–water partition coefficient (Wildman–Crippen LogP) is 2.43. The highest BCUT2D eigenvalue weighted by Gasteiger charge is 1.98. The fourth-order valence-electron chi connectivity index (χ4n) is 0.984. The molecule has 60 valence electrons. The molecule has 0 aliphatic carbocycles. The molecule has 0 atom stereocenters. The second kappa shape index (κ2) is 3.37. The summed E-state index contributed by atoms with van der Waals surface area (Å²) in [5.41, 5.74) is 1.72. The Bertz CT molecular complexity index is 245. The molecular weight excluding hydrogens is 141 g/mol. The Morgan fingerprint density at radius 1 is 1.45 bits per heavy atom. The van der Waals surface area contributed by atoms with Crippen LogP contribution < -0.4 is 5.32 Å². The highest BCUT2D eigenvalue weighted by molar-refractivity contribution is 5.46. The first kappa shape index (κ1) is 8.05. The lowest BCUT2D eigenvalue weighted by Gasteiger charge is -2.03. The molecule has 1 aromatic carbocycles. The van der Waals surface area contributed by atoms with Crippen LogP contribution in [0, 0.1) is 5.82 Å². The van der Waals surface area contributed by atoms with Gasteiger partial charge in [-0.2, -0.15) is 0 Å². The first-order chi connectivity index (χ1) is 5.27. The average Bonchev–Trinajstić information content (AvgIpc) is 2.05. The van der Waals surface area contributed by atoms with Crippen molar-refractivity contribution in [1.82, 2.24) is 0 Å². The fourth-order valence-corrected chi connectivity index (χ4v) is 0.984. The van der Waals surface area contributed by atoms with Gasteiger partial charge in [0.25, 0.3) is 0 Å². The van der Waals surface area contributed by atoms with Crippen LogP contribution in [-0.4, -0.2) is 7.05 Å². The van der Waals surface area contributed by atoms with E-state index in [0.717, 1.165) is 12.0 Å². The molecule has 0 unspecified atom stereocenters. The van der Waals surface area contributed by atoms with E-state index in [1.54, 1.807) is 13.1 Å². The summed E-state index contributed by atoms with van der Waals surface area (Å²) in [5.74, 6) is -0.190. The van der Waals surface area contributed by atoms with Crippen molar-refractivity contribution in [2.24, 2.45) is 0 Å². The van der Waals surface area contributed by atoms with Gasteiger partial charge in [-0.3, -0.25) is 0 Å². The zero-order valence-electron chi connectivity index (χ0n) is 6.82. The standard InChI is InChI=1S/C9H12FN/c1-3-7-4-5-8(10)9(6-7)11-2/h4-6,11H,3H2,1-2H3. The molecular formula is C9H12FN. The van der Waals surface area contributed by atoms with E-state index < -0.39 is 0 Å². The van der Waals surface area contributed by atoms with E-state index in [-0.39, 0.29) is 5.82 Å². The van der Waals surface area contributed by atoms with Crippen molar-refractivity contribution >= 4 is 5.69 Å². The summed E-state index contributed by atoms with van der Waals surface area (Å²) in [7, 11) is 1.72. The molecule has 0 heterocycles. The van der Waals surface area contributed by atoms with Crippen molar-refractivity contribution in [3.05, 3.63) is 29.6 Å². The lowest BCUT2D eigenvalue weighted by atomic mass is 10.1. The summed E-state index contributed by atoms with van der Waals surface area (Å²) in [5, 5.41) is 2.79. The van der Waals surface area contributed by atoms with Crippen LogP contribution >= 0.6 is 0 Å². The van der Waals surface area contributed by atoms with Crippen LogP contribution in [0.1, 0.15) is 12.5 Å². The third-order valence-corrected chi connectivity index (χ3v) is 1.71. The summed E-state index contributed by atoms with van der Waals surface area (Å²) in [6.07, 6.45) is 0.939. The number of anilines is 1. The van der Waals surface area contributed by atoms with Crippen LogP contribution in [0.3, 0.4) is 0 Å². The minimum atomic E-state index is -0.190. The van der Waals surface area contributed by atoms with E-state index in [1.807, 2.05) is 13.0 Å². The number of halogens is 1. The van der Waals surface area contributed by atoms with Crippen LogP contribution in [0.4, 0.5) is 10.1 Å². The van der Waals surface area contributed by atoms with E-state index in [4.69, 9.17) is 0 Å². The number of rotatable bonds is 2. The van der Waals surface area contributed by atoms with Crippen molar-refractivity contribution in [3.8, 4) is 0 Å². The molecule has 0 aromatic heterocycles. The maximum absolute atomic E-state index is 12.8. The maximum Gasteiger partial charge on any atom is 0.146 e. The fraction of sp³-hybridized carbons (Fsp3) is 0.333. The number of nitrogens with one attached hydrogen (secondary N) is 1. The zero-order chi connectivity index (χ0) is 8.27. The van der Waals surface area contributed by atoms with Crippen molar-refractivity contribution in [1.29, 1.82) is 0 Å². The second-order valence-corrected chi connectivity index (χ2v) is 2.42. The van der Waals surface area contributed by atoms with Gasteiger partial charge in [-0.25, -0.2) is 4.39 Å². The molecule has 0 saturated heterocycles. The molecule has 2 heteroatoms. The smallest absolute Gasteiger partial charge is 0.146 e. The third kappa shape index (κ3) is 1.70. The van der Waals surface area contributed by atoms with E-state index >= 15 is 0 Å². The normalized spacial score (nSPS) is 9.73. The molecule has 11 heavy (non-hydrogen) atoms. The van der Waals surface area contributed by atoms with Crippen LogP contribution in [0.25, 0.3) is 0 Å². The summed E-state index contributed by atoms with van der Waals surface area (Å²) in [4.78, 5) is 0. The third-order valence-electron chi connectivity index (χ3n) is 1.71. The van der Waals surface area contributed by atoms with E-state index in [0.29, 0.717) is 5.69 Å². The van der Waals surface area contributed by atoms with Crippen LogP contribution in [0.2, 0.25) is 0 Å². The van der Waals surface area contributed by atoms with Gasteiger partial charge in [0.05, 0.1) is 5.69 Å². The molecule has 1 nitrogen and oxygen atoms in total. The Kier molecular flexibility index (Phi) is 2.47. The molecule has 0 radical (unpaired) electrons. The van der Waals surface area contributed by atoms with Crippen LogP contribution in [-0.2, 0) is 6.42 Å². The van der Waals surface area contributed by atoms with Gasteiger partial charge in [0.1, 0.15) is 5.82 Å². The number of hydrogen-bond acceptors (Lipinski definition) is 1. The largest absolute Gasteiger partial charge is 0.386 e. The lowest BCUT2D eigenvalue weighted by molar-refractivity contribution is 0.630. The topological polar surface area (TPSA) is 12.0 Å². The Labute approximate surface area is 66.2 Å². The van der Waals surface area contributed by atoms with Gasteiger partial charge in [0, 0.05) is 7.05 Å². The summed E-state index contributed by atoms with van der Waals surface area (Å²) >= 11 is 0. The maximum atomic E-state index is 12.8. The molecule has 0 bridgehead atoms. The first-order valence-electron chi connectivity index (χ1n) is 3.74. The molecule has 0 saturated carbocycles. The van der Waals surface area contributed by atoms with Crippen molar-refractivity contribution < 1.29 is 4.39 Å². The van der Waals surface area contributed by atoms with Gasteiger partial charge in [0.2, 0.25) is 0 Å². The van der Waals surface area contributed by atoms with Gasteiger partial charge in [0.15, 0.2) is 0 Å². The quantitative estimate of drug-likeness (QED) is 0.688. The summed E-state index contributed by atoms with van der Waals surface area (Å²) in [6, 6.07) is 5.12. The minimum absolute atomic E-state index is 0.190. The SMILES string of the molecule is CCc1ccc(F)c(NC)c1. The van der Waals surface area contributed by atoms with Gasteiger partial charge in [-0.15, -0.1) is 0 Å². The van der Waals surface area contributed by atoms with Crippen molar-refractivity contribution in [2.45, 2.75) is 13.3 Å². The second-order valence-electron chi connectivity index (χ2n) is 2.42. The average molecular weight is 153 g/mol. The number of hydrogen-bond donors (Lipinski definition) is 1. The predicted molar refractivity (Wildman–Crippen MR) is 45.3 cm³/mol. The van der Waals surface area contributed by atoms with E-state index in [2.05, 4.69) is 5.32 Å². The van der Waals surface area contributed by atoms with Gasteiger partial charge < -0.3 is 5.32 Å². The van der Waals surface area contributed by atoms with Crippen LogP contribution in [0.15, 0.2) is 18.2 Å². The number of aryl methyl sites for hydroxylation is 1. The Morgan fingerprint density at radius 2 is 2.18 bits per heavy atom. The van der Waals surface area contributed by atoms with Crippen molar-refractivity contribution in [3.63, 3.8) is 0 Å². The van der Waals surface area contributed by atoms with Gasteiger partial charge >= 0.3 is 0 Å². The van der Waals surface area contributed by atoms with Gasteiger partial charge in [-0.05, 0) is 24.1 Å². The highest BCUT2D eigenvalue weighted by atomic mass is 19.1. The molecule has 1 aromatic rings. The minimum Gasteiger partial charge on any atom is -0.386 e. The molecule has 0 aliphatic heterocycles. The molecule has 0 fully saturated rings. The molecule has 1 N–H and O–H groups in total. The number of benzene rings is 1. The summed E-state index contributed by atoms with van der Waals surface area (Å²) in [6.45, 7) is 2.05. The van der Waals surface area contributed by atoms with Crippen LogP contribution in [0.5, 0.6) is 0 Å². The van der Waals surface area contributed by atoms with Gasteiger partial charge in [-0.1, -0.05) is 13.0 Å². The Morgan fingerprint density at radius 3 is 2.73 bits per heavy atom. The van der Waals surface area contributed by atoms with Crippen molar-refractivity contribution in [2.75, 3.05) is 12.4 Å². The monoisotopic (exact) mass is 153 g/mol. The Hall–Kier alpha value is -1.05. The summed E-state index contributed by atoms with van der Waals surface area (Å²) < 4.78 is 12.8. The molecule has 0 spiro atoms.